The first-order chi connectivity index (χ1) is 12.2. The molecular formula is C21H24O5. The normalized spacial score (nSPS) is 46.9. The van der Waals surface area contributed by atoms with Crippen LogP contribution in [0.4, 0.5) is 0 Å². The molecule has 0 bridgehead atoms. The van der Waals surface area contributed by atoms with E-state index >= 15 is 0 Å². The summed E-state index contributed by atoms with van der Waals surface area (Å²) in [7, 11) is 0. The third-order valence-electron chi connectivity index (χ3n) is 7.92. The van der Waals surface area contributed by atoms with E-state index < -0.39 is 22.2 Å². The van der Waals surface area contributed by atoms with E-state index in [2.05, 4.69) is 0 Å². The van der Waals surface area contributed by atoms with Crippen molar-refractivity contribution in [2.75, 3.05) is 0 Å². The van der Waals surface area contributed by atoms with Crippen molar-refractivity contribution in [3.63, 3.8) is 0 Å². The minimum absolute atomic E-state index is 0.0171. The molecule has 0 aromatic rings. The lowest BCUT2D eigenvalue weighted by Crippen LogP contribution is -2.60. The Morgan fingerprint density at radius 2 is 2.00 bits per heavy atom. The van der Waals surface area contributed by atoms with Gasteiger partial charge in [-0.25, -0.2) is 0 Å². The zero-order chi connectivity index (χ0) is 18.9. The average molecular weight is 356 g/mol. The lowest BCUT2D eigenvalue weighted by atomic mass is 9.46. The third kappa shape index (κ3) is 1.95. The van der Waals surface area contributed by atoms with E-state index in [9.17, 15) is 24.3 Å². The minimum atomic E-state index is -1.74. The van der Waals surface area contributed by atoms with Crippen molar-refractivity contribution in [2.45, 2.75) is 51.6 Å². The highest BCUT2D eigenvalue weighted by molar-refractivity contribution is 6.29. The van der Waals surface area contributed by atoms with Gasteiger partial charge < -0.3 is 5.11 Å². The zero-order valence-electron chi connectivity index (χ0n) is 15.2. The van der Waals surface area contributed by atoms with Gasteiger partial charge in [0.1, 0.15) is 11.4 Å². The summed E-state index contributed by atoms with van der Waals surface area (Å²) in [6.45, 7) is 3.82. The van der Waals surface area contributed by atoms with Gasteiger partial charge in [-0.1, -0.05) is 25.5 Å². The number of hydrogen-bond donors (Lipinski definition) is 1. The fraction of sp³-hybridized carbons (Fsp3) is 0.619. The molecule has 0 aliphatic heterocycles. The van der Waals surface area contributed by atoms with Gasteiger partial charge >= 0.3 is 0 Å². The van der Waals surface area contributed by atoms with E-state index in [1.807, 2.05) is 13.0 Å². The molecule has 4 aliphatic rings. The number of ketones is 3. The predicted octanol–water partition coefficient (Wildman–Crippen LogP) is 1.97. The number of carbonyl (C=O) groups is 4. The molecule has 5 nitrogen and oxygen atoms in total. The molecule has 3 saturated carbocycles. The summed E-state index contributed by atoms with van der Waals surface area (Å²) in [4.78, 5) is 48.3. The molecule has 3 fully saturated rings. The van der Waals surface area contributed by atoms with Crippen molar-refractivity contribution in [3.8, 4) is 0 Å². The van der Waals surface area contributed by atoms with E-state index in [4.69, 9.17) is 0 Å². The summed E-state index contributed by atoms with van der Waals surface area (Å²) in [6, 6.07) is 0. The van der Waals surface area contributed by atoms with Crippen molar-refractivity contribution in [3.05, 3.63) is 23.8 Å². The molecule has 0 amide bonds. The number of hydrogen-bond acceptors (Lipinski definition) is 5. The highest BCUT2D eigenvalue weighted by Crippen LogP contribution is 2.65. The Labute approximate surface area is 152 Å². The lowest BCUT2D eigenvalue weighted by Gasteiger charge is -2.56. The molecule has 26 heavy (non-hydrogen) atoms. The molecule has 0 spiro atoms. The molecular weight excluding hydrogens is 332 g/mol. The summed E-state index contributed by atoms with van der Waals surface area (Å²) < 4.78 is 0. The molecule has 0 heterocycles. The van der Waals surface area contributed by atoms with Gasteiger partial charge in [0.05, 0.1) is 0 Å². The van der Waals surface area contributed by atoms with E-state index in [-0.39, 0.29) is 48.4 Å². The maximum absolute atomic E-state index is 13.3. The number of aliphatic hydroxyl groups is 1. The van der Waals surface area contributed by atoms with Crippen LogP contribution < -0.4 is 0 Å². The van der Waals surface area contributed by atoms with Crippen LogP contribution in [-0.4, -0.2) is 34.3 Å². The Morgan fingerprint density at radius 3 is 2.69 bits per heavy atom. The van der Waals surface area contributed by atoms with Gasteiger partial charge in [-0.3, -0.25) is 19.2 Å². The van der Waals surface area contributed by atoms with Crippen LogP contribution in [0.3, 0.4) is 0 Å². The largest absolute Gasteiger partial charge is 0.381 e. The van der Waals surface area contributed by atoms with Crippen molar-refractivity contribution in [2.24, 2.45) is 28.6 Å². The topological polar surface area (TPSA) is 88.5 Å². The number of Topliss-reactive ketones (excluding diaryl/α,β-unsaturated/α-hetero) is 2. The van der Waals surface area contributed by atoms with Crippen LogP contribution in [0.2, 0.25) is 0 Å². The molecule has 4 aliphatic carbocycles. The van der Waals surface area contributed by atoms with Crippen LogP contribution in [0.25, 0.3) is 0 Å². The Balaban J connectivity index is 1.77. The summed E-state index contributed by atoms with van der Waals surface area (Å²) in [5.74, 6) is -0.980. The first-order valence-electron chi connectivity index (χ1n) is 9.36. The van der Waals surface area contributed by atoms with E-state index in [1.165, 1.54) is 0 Å². The molecule has 0 aromatic heterocycles. The highest BCUT2D eigenvalue weighted by atomic mass is 16.3. The fourth-order valence-electron chi connectivity index (χ4n) is 6.54. The number of allylic oxidation sites excluding steroid dienone is 4. The van der Waals surface area contributed by atoms with Crippen LogP contribution in [-0.2, 0) is 19.2 Å². The maximum Gasteiger partial charge on any atom is 0.227 e. The number of rotatable bonds is 2. The van der Waals surface area contributed by atoms with Crippen molar-refractivity contribution in [1.82, 2.24) is 0 Å². The molecule has 0 radical (unpaired) electrons. The second-order valence-electron chi connectivity index (χ2n) is 8.92. The third-order valence-corrected chi connectivity index (χ3v) is 7.92. The standard InChI is InChI=1S/C21H24O5/c1-19-7-5-13(23)9-12(19)3-4-14-15-6-8-21(26,17(25)11-22)20(15,2)10-16(24)18(14)19/h5,7,9,11,14-15,18,26H,3-4,6,8,10H2,1-2H3/t14-,15+,18+,19+,20+,21-/m1/s1. The molecule has 0 aromatic carbocycles. The Hall–Kier alpha value is -1.88. The van der Waals surface area contributed by atoms with Gasteiger partial charge in [0.15, 0.2) is 12.1 Å². The molecule has 138 valence electrons. The highest BCUT2D eigenvalue weighted by Gasteiger charge is 2.68. The number of fused-ring (bicyclic) bond motifs is 5. The van der Waals surface area contributed by atoms with Crippen LogP contribution in [0, 0.1) is 28.6 Å². The van der Waals surface area contributed by atoms with Gasteiger partial charge in [-0.05, 0) is 49.7 Å². The quantitative estimate of drug-likeness (QED) is 0.604. The summed E-state index contributed by atoms with van der Waals surface area (Å²) >= 11 is 0. The van der Waals surface area contributed by atoms with Gasteiger partial charge in [0, 0.05) is 23.2 Å². The first-order valence-corrected chi connectivity index (χ1v) is 9.36. The zero-order valence-corrected chi connectivity index (χ0v) is 15.2. The molecule has 0 saturated heterocycles. The molecule has 0 unspecified atom stereocenters. The number of aldehydes is 1. The van der Waals surface area contributed by atoms with Crippen LogP contribution in [0.5, 0.6) is 0 Å². The maximum atomic E-state index is 13.3. The van der Waals surface area contributed by atoms with Gasteiger partial charge in [-0.15, -0.1) is 0 Å². The van der Waals surface area contributed by atoms with Crippen LogP contribution >= 0.6 is 0 Å². The number of carbonyl (C=O) groups excluding carboxylic acids is 4. The Kier molecular flexibility index (Phi) is 3.59. The molecule has 1 N–H and O–H groups in total. The predicted molar refractivity (Wildman–Crippen MR) is 93.0 cm³/mol. The van der Waals surface area contributed by atoms with E-state index in [1.54, 1.807) is 19.1 Å². The van der Waals surface area contributed by atoms with Crippen molar-refractivity contribution < 1.29 is 24.3 Å². The van der Waals surface area contributed by atoms with Gasteiger partial charge in [-0.2, -0.15) is 0 Å². The van der Waals surface area contributed by atoms with E-state index in [0.717, 1.165) is 18.4 Å². The first kappa shape index (κ1) is 17.5. The molecule has 6 atom stereocenters. The summed E-state index contributed by atoms with van der Waals surface area (Å²) in [5, 5.41) is 11.1. The summed E-state index contributed by atoms with van der Waals surface area (Å²) in [5.41, 5.74) is -2.09. The van der Waals surface area contributed by atoms with Crippen molar-refractivity contribution >= 4 is 23.6 Å². The van der Waals surface area contributed by atoms with Crippen molar-refractivity contribution in [1.29, 1.82) is 0 Å². The molecule has 5 heteroatoms. The second-order valence-corrected chi connectivity index (χ2v) is 8.92. The minimum Gasteiger partial charge on any atom is -0.381 e. The van der Waals surface area contributed by atoms with Gasteiger partial charge in [0.2, 0.25) is 5.78 Å². The van der Waals surface area contributed by atoms with Crippen LogP contribution in [0.1, 0.15) is 46.0 Å². The van der Waals surface area contributed by atoms with Crippen LogP contribution in [0.15, 0.2) is 23.8 Å². The Morgan fingerprint density at radius 1 is 1.27 bits per heavy atom. The monoisotopic (exact) mass is 356 g/mol. The SMILES string of the molecule is C[C@]12C=CC(=O)C=C1CC[C@H]1[C@H]2C(=O)C[C@@]2(C)[C@H]1CC[C@@]2(O)C(=O)C=O. The van der Waals surface area contributed by atoms with E-state index in [0.29, 0.717) is 6.42 Å². The second kappa shape index (κ2) is 5.32. The smallest absolute Gasteiger partial charge is 0.227 e. The summed E-state index contributed by atoms with van der Waals surface area (Å²) in [6.07, 6.45) is 7.77. The van der Waals surface area contributed by atoms with Gasteiger partial charge in [0.25, 0.3) is 0 Å². The Bertz CT molecular complexity index is 792. The fourth-order valence-corrected chi connectivity index (χ4v) is 6.54. The average Bonchev–Trinajstić information content (AvgIpc) is 2.86. The molecule has 4 rings (SSSR count). The lowest BCUT2D eigenvalue weighted by molar-refractivity contribution is -0.167.